The smallest absolute Gasteiger partial charge is 0.400 e. The summed E-state index contributed by atoms with van der Waals surface area (Å²) in [6.45, 7) is 8.22. The second-order valence-electron chi connectivity index (χ2n) is 4.88. The van der Waals surface area contributed by atoms with Crippen LogP contribution in [0.1, 0.15) is 40.5 Å². The molecule has 0 N–H and O–H groups in total. The minimum absolute atomic E-state index is 0.217. The molecule has 1 saturated heterocycles. The van der Waals surface area contributed by atoms with E-state index >= 15 is 0 Å². The largest absolute Gasteiger partial charge is 0.486 e. The summed E-state index contributed by atoms with van der Waals surface area (Å²) in [5, 5.41) is 0. The molecule has 0 amide bonds. The summed E-state index contributed by atoms with van der Waals surface area (Å²) in [6, 6.07) is 0. The van der Waals surface area contributed by atoms with Crippen molar-refractivity contribution in [3.63, 3.8) is 0 Å². The van der Waals surface area contributed by atoms with Gasteiger partial charge in [0.05, 0.1) is 11.2 Å². The van der Waals surface area contributed by atoms with Crippen molar-refractivity contribution >= 4 is 18.7 Å². The Balaban J connectivity index is 2.45. The third kappa shape index (κ3) is 3.23. The minimum atomic E-state index is -0.242. The van der Waals surface area contributed by atoms with E-state index in [1.165, 1.54) is 0 Å². The number of halogens is 1. The molecule has 1 aliphatic heterocycles. The van der Waals surface area contributed by atoms with Crippen LogP contribution in [0, 0.1) is 0 Å². The van der Waals surface area contributed by atoms with Crippen LogP contribution in [0.3, 0.4) is 0 Å². The monoisotopic (exact) mass is 230 g/mol. The normalized spacial score (nSPS) is 23.9. The van der Waals surface area contributed by atoms with Crippen molar-refractivity contribution in [3.05, 3.63) is 12.1 Å². The molecule has 0 atom stereocenters. The van der Waals surface area contributed by atoms with Crippen LogP contribution in [0.25, 0.3) is 0 Å². The van der Waals surface area contributed by atoms with Crippen molar-refractivity contribution in [3.8, 4) is 0 Å². The first-order valence-electron chi connectivity index (χ1n) is 5.47. The number of allylic oxidation sites excluding steroid dienone is 1. The van der Waals surface area contributed by atoms with Crippen LogP contribution in [0.15, 0.2) is 12.1 Å². The van der Waals surface area contributed by atoms with E-state index in [2.05, 4.69) is 33.8 Å². The Labute approximate surface area is 98.1 Å². The highest BCUT2D eigenvalue weighted by Gasteiger charge is 2.49. The predicted molar refractivity (Wildman–Crippen MR) is 65.2 cm³/mol. The highest BCUT2D eigenvalue weighted by atomic mass is 35.5. The van der Waals surface area contributed by atoms with E-state index in [0.29, 0.717) is 5.88 Å². The van der Waals surface area contributed by atoms with Gasteiger partial charge in [0.1, 0.15) is 0 Å². The lowest BCUT2D eigenvalue weighted by Gasteiger charge is -2.32. The van der Waals surface area contributed by atoms with Gasteiger partial charge in [-0.05, 0) is 40.5 Å². The fraction of sp³-hybridized carbons (Fsp3) is 0.818. The Bertz CT molecular complexity index is 223. The first kappa shape index (κ1) is 13.1. The zero-order valence-corrected chi connectivity index (χ0v) is 10.8. The summed E-state index contributed by atoms with van der Waals surface area (Å²) in [7, 11) is -0.217. The van der Waals surface area contributed by atoms with Gasteiger partial charge in [-0.15, -0.1) is 11.6 Å². The topological polar surface area (TPSA) is 18.5 Å². The van der Waals surface area contributed by atoms with Crippen LogP contribution >= 0.6 is 11.6 Å². The molecule has 0 aromatic rings. The molecule has 4 heteroatoms. The van der Waals surface area contributed by atoms with Crippen molar-refractivity contribution in [2.24, 2.45) is 0 Å². The average Bonchev–Trinajstić information content (AvgIpc) is 2.30. The second kappa shape index (κ2) is 4.90. The van der Waals surface area contributed by atoms with Crippen molar-refractivity contribution in [1.29, 1.82) is 0 Å². The average molecular weight is 231 g/mol. The summed E-state index contributed by atoms with van der Waals surface area (Å²) < 4.78 is 11.6. The highest BCUT2D eigenvalue weighted by Crippen LogP contribution is 2.36. The predicted octanol–water partition coefficient (Wildman–Crippen LogP) is 3.19. The van der Waals surface area contributed by atoms with Gasteiger partial charge in [-0.25, -0.2) is 0 Å². The third-order valence-corrected chi connectivity index (χ3v) is 3.34. The van der Waals surface area contributed by atoms with Crippen molar-refractivity contribution in [2.45, 2.75) is 51.7 Å². The lowest BCUT2D eigenvalue weighted by atomic mass is 9.89. The van der Waals surface area contributed by atoms with Crippen LogP contribution in [-0.4, -0.2) is 24.2 Å². The molecule has 1 heterocycles. The first-order valence-corrected chi connectivity index (χ1v) is 6.01. The molecule has 15 heavy (non-hydrogen) atoms. The quantitative estimate of drug-likeness (QED) is 0.419. The molecule has 0 aliphatic carbocycles. The van der Waals surface area contributed by atoms with Gasteiger partial charge in [0.25, 0.3) is 0 Å². The molecule has 0 unspecified atom stereocenters. The maximum Gasteiger partial charge on any atom is 0.486 e. The lowest BCUT2D eigenvalue weighted by Crippen LogP contribution is -2.41. The Morgan fingerprint density at radius 1 is 1.13 bits per heavy atom. The van der Waals surface area contributed by atoms with E-state index in [1.54, 1.807) is 0 Å². The van der Waals surface area contributed by atoms with Gasteiger partial charge in [0, 0.05) is 5.88 Å². The summed E-state index contributed by atoms with van der Waals surface area (Å²) in [6.07, 6.45) is 4.05. The molecule has 1 fully saturated rings. The number of rotatable bonds is 4. The van der Waals surface area contributed by atoms with E-state index in [1.807, 2.05) is 5.98 Å². The van der Waals surface area contributed by atoms with Crippen molar-refractivity contribution in [2.75, 3.05) is 5.88 Å². The molecular formula is C11H20BClO2. The van der Waals surface area contributed by atoms with Gasteiger partial charge in [-0.2, -0.15) is 0 Å². The second-order valence-corrected chi connectivity index (χ2v) is 5.26. The molecule has 0 radical (unpaired) electrons. The Morgan fingerprint density at radius 3 is 2.13 bits per heavy atom. The molecule has 0 bridgehead atoms. The number of hydrogen-bond acceptors (Lipinski definition) is 2. The fourth-order valence-corrected chi connectivity index (χ4v) is 1.52. The molecular weight excluding hydrogens is 210 g/mol. The Kier molecular flexibility index (Phi) is 4.27. The summed E-state index contributed by atoms with van der Waals surface area (Å²) >= 11 is 5.59. The SMILES string of the molecule is CC1(C)OB(C=CCCCCl)OC1(C)C. The zero-order valence-electron chi connectivity index (χ0n) is 10.0. The van der Waals surface area contributed by atoms with Gasteiger partial charge in [-0.1, -0.05) is 12.1 Å². The molecule has 1 aliphatic rings. The fourth-order valence-electron chi connectivity index (χ4n) is 1.37. The van der Waals surface area contributed by atoms with Crippen LogP contribution in [0.2, 0.25) is 0 Å². The zero-order chi connectivity index (χ0) is 11.5. The molecule has 0 aromatic carbocycles. The van der Waals surface area contributed by atoms with Gasteiger partial charge < -0.3 is 9.31 Å². The van der Waals surface area contributed by atoms with Gasteiger partial charge in [0.2, 0.25) is 0 Å². The maximum atomic E-state index is 5.80. The molecule has 0 saturated carbocycles. The number of hydrogen-bond donors (Lipinski definition) is 0. The van der Waals surface area contributed by atoms with Gasteiger partial charge in [0.15, 0.2) is 0 Å². The lowest BCUT2D eigenvalue weighted by molar-refractivity contribution is 0.00578. The summed E-state index contributed by atoms with van der Waals surface area (Å²) in [5.74, 6) is 2.68. The highest BCUT2D eigenvalue weighted by molar-refractivity contribution is 6.51. The van der Waals surface area contributed by atoms with Crippen LogP contribution in [-0.2, 0) is 9.31 Å². The summed E-state index contributed by atoms with van der Waals surface area (Å²) in [4.78, 5) is 0. The van der Waals surface area contributed by atoms with E-state index in [0.717, 1.165) is 12.8 Å². The molecule has 2 nitrogen and oxygen atoms in total. The minimum Gasteiger partial charge on any atom is -0.400 e. The van der Waals surface area contributed by atoms with Gasteiger partial charge >= 0.3 is 7.12 Å². The first-order chi connectivity index (χ1) is 6.89. The number of alkyl halides is 1. The standard InChI is InChI=1S/C11H20BClO2/c1-10(2)11(3,4)15-12(14-10)8-6-5-7-9-13/h6,8H,5,7,9H2,1-4H3. The Morgan fingerprint density at radius 2 is 1.67 bits per heavy atom. The van der Waals surface area contributed by atoms with Crippen LogP contribution < -0.4 is 0 Å². The third-order valence-electron chi connectivity index (χ3n) is 3.07. The van der Waals surface area contributed by atoms with E-state index in [9.17, 15) is 0 Å². The number of unbranched alkanes of at least 4 members (excludes halogenated alkanes) is 1. The van der Waals surface area contributed by atoms with Crippen LogP contribution in [0.4, 0.5) is 0 Å². The van der Waals surface area contributed by atoms with E-state index in [-0.39, 0.29) is 18.3 Å². The van der Waals surface area contributed by atoms with Crippen molar-refractivity contribution < 1.29 is 9.31 Å². The molecule has 86 valence electrons. The van der Waals surface area contributed by atoms with Gasteiger partial charge in [-0.3, -0.25) is 0 Å². The summed E-state index contributed by atoms with van der Waals surface area (Å²) in [5.41, 5.74) is -0.483. The van der Waals surface area contributed by atoms with E-state index in [4.69, 9.17) is 20.9 Å². The molecule has 1 rings (SSSR count). The van der Waals surface area contributed by atoms with Crippen LogP contribution in [0.5, 0.6) is 0 Å². The maximum absolute atomic E-state index is 5.80. The molecule has 0 aromatic heterocycles. The Hall–Kier alpha value is 0.0149. The van der Waals surface area contributed by atoms with Crippen molar-refractivity contribution in [1.82, 2.24) is 0 Å². The van der Waals surface area contributed by atoms with E-state index < -0.39 is 0 Å². The molecule has 0 spiro atoms.